The van der Waals surface area contributed by atoms with Crippen LogP contribution in [-0.2, 0) is 11.2 Å². The summed E-state index contributed by atoms with van der Waals surface area (Å²) in [6.45, 7) is 1.07. The number of carbonyl (C=O) groups is 1. The van der Waals surface area contributed by atoms with E-state index in [1.54, 1.807) is 18.8 Å². The van der Waals surface area contributed by atoms with Gasteiger partial charge in [-0.3, -0.25) is 4.79 Å². The molecule has 3 nitrogen and oxygen atoms in total. The number of rotatable bonds is 6. The van der Waals surface area contributed by atoms with Crippen molar-refractivity contribution in [2.75, 3.05) is 26.4 Å². The van der Waals surface area contributed by atoms with Crippen LogP contribution in [0.15, 0.2) is 29.2 Å². The van der Waals surface area contributed by atoms with E-state index in [1.807, 2.05) is 0 Å². The molecule has 1 aromatic carbocycles. The molecule has 0 saturated heterocycles. The summed E-state index contributed by atoms with van der Waals surface area (Å²) in [5.74, 6) is 0.0447. The highest BCUT2D eigenvalue weighted by atomic mass is 32.2. The van der Waals surface area contributed by atoms with Crippen LogP contribution in [0.1, 0.15) is 5.56 Å². The molecule has 1 amide bonds. The van der Waals surface area contributed by atoms with E-state index in [4.69, 9.17) is 0 Å². The van der Waals surface area contributed by atoms with Gasteiger partial charge < -0.3 is 10.6 Å². The maximum Gasteiger partial charge on any atom is 0.233 e. The molecular formula is C12H18N2OS. The van der Waals surface area contributed by atoms with Crippen LogP contribution in [0.3, 0.4) is 0 Å². The SMILES string of the molecule is CNCC(=O)NCCc1ccc(SC)cc1. The summed E-state index contributed by atoms with van der Waals surface area (Å²) in [5, 5.41) is 5.67. The maximum absolute atomic E-state index is 11.2. The Morgan fingerprint density at radius 3 is 2.56 bits per heavy atom. The number of nitrogens with one attached hydrogen (secondary N) is 2. The van der Waals surface area contributed by atoms with E-state index < -0.39 is 0 Å². The van der Waals surface area contributed by atoms with Crippen molar-refractivity contribution < 1.29 is 4.79 Å². The molecule has 4 heteroatoms. The van der Waals surface area contributed by atoms with E-state index >= 15 is 0 Å². The number of amides is 1. The molecule has 0 radical (unpaired) electrons. The molecule has 0 heterocycles. The minimum Gasteiger partial charge on any atom is -0.355 e. The van der Waals surface area contributed by atoms with Crippen molar-refractivity contribution >= 4 is 17.7 Å². The number of hydrogen-bond acceptors (Lipinski definition) is 3. The fraction of sp³-hybridized carbons (Fsp3) is 0.417. The molecule has 0 atom stereocenters. The van der Waals surface area contributed by atoms with Gasteiger partial charge in [-0.1, -0.05) is 12.1 Å². The fourth-order valence-corrected chi connectivity index (χ4v) is 1.77. The molecule has 0 aromatic heterocycles. The first-order valence-electron chi connectivity index (χ1n) is 5.30. The molecule has 0 saturated carbocycles. The Labute approximate surface area is 101 Å². The first-order chi connectivity index (χ1) is 7.76. The second-order valence-corrected chi connectivity index (χ2v) is 4.36. The van der Waals surface area contributed by atoms with Crippen LogP contribution in [0.2, 0.25) is 0 Å². The molecule has 16 heavy (non-hydrogen) atoms. The zero-order valence-electron chi connectivity index (χ0n) is 9.75. The van der Waals surface area contributed by atoms with Crippen LogP contribution < -0.4 is 10.6 Å². The number of carbonyl (C=O) groups excluding carboxylic acids is 1. The molecule has 0 bridgehead atoms. The Bertz CT molecular complexity index is 324. The van der Waals surface area contributed by atoms with Crippen molar-refractivity contribution in [3.05, 3.63) is 29.8 Å². The molecule has 0 aliphatic rings. The third-order valence-electron chi connectivity index (χ3n) is 2.23. The van der Waals surface area contributed by atoms with Gasteiger partial charge in [0.1, 0.15) is 0 Å². The number of likely N-dealkylation sites (N-methyl/N-ethyl adjacent to an activating group) is 1. The largest absolute Gasteiger partial charge is 0.355 e. The van der Waals surface area contributed by atoms with Crippen molar-refractivity contribution in [1.82, 2.24) is 10.6 Å². The number of benzene rings is 1. The van der Waals surface area contributed by atoms with E-state index in [0.717, 1.165) is 6.42 Å². The lowest BCUT2D eigenvalue weighted by Gasteiger charge is -2.05. The van der Waals surface area contributed by atoms with Gasteiger partial charge in [-0.2, -0.15) is 0 Å². The molecule has 1 rings (SSSR count). The Kier molecular flexibility index (Phi) is 5.96. The van der Waals surface area contributed by atoms with Gasteiger partial charge in [-0.05, 0) is 37.4 Å². The third-order valence-corrected chi connectivity index (χ3v) is 2.98. The normalized spacial score (nSPS) is 10.1. The fourth-order valence-electron chi connectivity index (χ4n) is 1.36. The smallest absolute Gasteiger partial charge is 0.233 e. The number of hydrogen-bond donors (Lipinski definition) is 2. The molecule has 0 unspecified atom stereocenters. The Hall–Kier alpha value is -1.00. The van der Waals surface area contributed by atoms with E-state index in [0.29, 0.717) is 13.1 Å². The molecule has 0 aliphatic carbocycles. The Morgan fingerprint density at radius 2 is 2.00 bits per heavy atom. The molecule has 2 N–H and O–H groups in total. The van der Waals surface area contributed by atoms with E-state index in [-0.39, 0.29) is 5.91 Å². The zero-order valence-corrected chi connectivity index (χ0v) is 10.6. The first-order valence-corrected chi connectivity index (χ1v) is 6.53. The average molecular weight is 238 g/mol. The second kappa shape index (κ2) is 7.30. The highest BCUT2D eigenvalue weighted by molar-refractivity contribution is 7.98. The first kappa shape index (κ1) is 13.1. The average Bonchev–Trinajstić information content (AvgIpc) is 2.30. The van der Waals surface area contributed by atoms with Gasteiger partial charge in [0, 0.05) is 11.4 Å². The van der Waals surface area contributed by atoms with Gasteiger partial charge in [0.25, 0.3) is 0 Å². The predicted octanol–water partition coefficient (Wildman–Crippen LogP) is 1.29. The van der Waals surface area contributed by atoms with Crippen molar-refractivity contribution in [2.24, 2.45) is 0 Å². The Balaban J connectivity index is 2.29. The molecule has 88 valence electrons. The van der Waals surface area contributed by atoms with Crippen LogP contribution in [-0.4, -0.2) is 32.3 Å². The van der Waals surface area contributed by atoms with E-state index in [9.17, 15) is 4.79 Å². The van der Waals surface area contributed by atoms with Crippen LogP contribution in [0.4, 0.5) is 0 Å². The standard InChI is InChI=1S/C12H18N2OS/c1-13-9-12(15)14-8-7-10-3-5-11(16-2)6-4-10/h3-6,13H,7-9H2,1-2H3,(H,14,15). The van der Waals surface area contributed by atoms with Crippen LogP contribution in [0, 0.1) is 0 Å². The van der Waals surface area contributed by atoms with Crippen molar-refractivity contribution in [1.29, 1.82) is 0 Å². The summed E-state index contributed by atoms with van der Waals surface area (Å²) in [4.78, 5) is 12.4. The van der Waals surface area contributed by atoms with Gasteiger partial charge in [0.15, 0.2) is 0 Å². The van der Waals surface area contributed by atoms with Gasteiger partial charge in [-0.25, -0.2) is 0 Å². The Morgan fingerprint density at radius 1 is 1.31 bits per heavy atom. The molecule has 0 spiro atoms. The maximum atomic E-state index is 11.2. The minimum atomic E-state index is 0.0447. The van der Waals surface area contributed by atoms with E-state index in [1.165, 1.54) is 10.5 Å². The van der Waals surface area contributed by atoms with Crippen LogP contribution >= 0.6 is 11.8 Å². The second-order valence-electron chi connectivity index (χ2n) is 3.48. The lowest BCUT2D eigenvalue weighted by molar-refractivity contribution is -0.120. The van der Waals surface area contributed by atoms with Crippen molar-refractivity contribution in [2.45, 2.75) is 11.3 Å². The molecule has 1 aromatic rings. The topological polar surface area (TPSA) is 41.1 Å². The third kappa shape index (κ3) is 4.68. The summed E-state index contributed by atoms with van der Waals surface area (Å²) < 4.78 is 0. The lowest BCUT2D eigenvalue weighted by Crippen LogP contribution is -2.33. The summed E-state index contributed by atoms with van der Waals surface area (Å²) in [7, 11) is 1.76. The lowest BCUT2D eigenvalue weighted by atomic mass is 10.1. The molecule has 0 aliphatic heterocycles. The summed E-state index contributed by atoms with van der Waals surface area (Å²) >= 11 is 1.73. The number of thioether (sulfide) groups is 1. The van der Waals surface area contributed by atoms with Crippen molar-refractivity contribution in [3.63, 3.8) is 0 Å². The summed E-state index contributed by atoms with van der Waals surface area (Å²) in [5.41, 5.74) is 1.25. The summed E-state index contributed by atoms with van der Waals surface area (Å²) in [6.07, 6.45) is 2.94. The van der Waals surface area contributed by atoms with Gasteiger partial charge in [-0.15, -0.1) is 11.8 Å². The van der Waals surface area contributed by atoms with Gasteiger partial charge >= 0.3 is 0 Å². The van der Waals surface area contributed by atoms with Gasteiger partial charge in [0.05, 0.1) is 6.54 Å². The quantitative estimate of drug-likeness (QED) is 0.734. The molecule has 0 fully saturated rings. The predicted molar refractivity (Wildman–Crippen MR) is 68.9 cm³/mol. The summed E-state index contributed by atoms with van der Waals surface area (Å²) in [6, 6.07) is 8.43. The minimum absolute atomic E-state index is 0.0447. The zero-order chi connectivity index (χ0) is 11.8. The van der Waals surface area contributed by atoms with E-state index in [2.05, 4.69) is 41.2 Å². The highest BCUT2D eigenvalue weighted by Crippen LogP contribution is 2.14. The van der Waals surface area contributed by atoms with Crippen LogP contribution in [0.25, 0.3) is 0 Å². The van der Waals surface area contributed by atoms with Gasteiger partial charge in [0.2, 0.25) is 5.91 Å². The van der Waals surface area contributed by atoms with Crippen molar-refractivity contribution in [3.8, 4) is 0 Å². The monoisotopic (exact) mass is 238 g/mol. The van der Waals surface area contributed by atoms with Crippen LogP contribution in [0.5, 0.6) is 0 Å². The molecular weight excluding hydrogens is 220 g/mol. The highest BCUT2D eigenvalue weighted by Gasteiger charge is 1.98.